The van der Waals surface area contributed by atoms with Crippen molar-refractivity contribution in [3.63, 3.8) is 0 Å². The number of sulfonamides is 1. The molecule has 0 radical (unpaired) electrons. The van der Waals surface area contributed by atoms with E-state index in [1.54, 1.807) is 13.0 Å². The van der Waals surface area contributed by atoms with Crippen LogP contribution in [0.2, 0.25) is 0 Å². The Morgan fingerprint density at radius 1 is 1.00 bits per heavy atom. The standard InChI is InChI=1S/C26H28N4O6S/c1-19-12-14-21(15-13-19)17-28(20(2)26(32)27-3)25(31)18-29(22-8-7-9-23(16-22)30(33)34)37(35,36)24-10-5-4-6-11-24/h4-16,20H,17-18H2,1-3H3,(H,27,32)/t20-/m1/s1. The molecule has 194 valence electrons. The third-order valence-electron chi connectivity index (χ3n) is 5.83. The number of anilines is 1. The molecule has 37 heavy (non-hydrogen) atoms. The summed E-state index contributed by atoms with van der Waals surface area (Å²) in [6.45, 7) is 2.85. The monoisotopic (exact) mass is 524 g/mol. The lowest BCUT2D eigenvalue weighted by Crippen LogP contribution is -2.50. The Kier molecular flexibility index (Phi) is 8.61. The lowest BCUT2D eigenvalue weighted by atomic mass is 10.1. The maximum absolute atomic E-state index is 13.7. The van der Waals surface area contributed by atoms with Crippen LogP contribution < -0.4 is 9.62 Å². The second-order valence-corrected chi connectivity index (χ2v) is 10.3. The van der Waals surface area contributed by atoms with Gasteiger partial charge in [0.15, 0.2) is 0 Å². The molecule has 2 amide bonds. The number of hydrogen-bond donors (Lipinski definition) is 1. The van der Waals surface area contributed by atoms with Gasteiger partial charge in [-0.25, -0.2) is 8.42 Å². The van der Waals surface area contributed by atoms with Crippen LogP contribution in [0.1, 0.15) is 18.1 Å². The molecule has 3 aromatic rings. The van der Waals surface area contributed by atoms with E-state index < -0.39 is 39.3 Å². The van der Waals surface area contributed by atoms with Crippen molar-refractivity contribution in [1.29, 1.82) is 0 Å². The zero-order chi connectivity index (χ0) is 27.2. The highest BCUT2D eigenvalue weighted by Gasteiger charge is 2.32. The molecule has 0 unspecified atom stereocenters. The van der Waals surface area contributed by atoms with Crippen molar-refractivity contribution >= 4 is 33.2 Å². The maximum atomic E-state index is 13.7. The second kappa shape index (κ2) is 11.7. The van der Waals surface area contributed by atoms with Crippen molar-refractivity contribution < 1.29 is 22.9 Å². The number of rotatable bonds is 10. The molecule has 0 aromatic heterocycles. The molecular formula is C26H28N4O6S. The SMILES string of the molecule is CNC(=O)[C@@H](C)N(Cc1ccc(C)cc1)C(=O)CN(c1cccc([N+](=O)[O-])c1)S(=O)(=O)c1ccccc1. The van der Waals surface area contributed by atoms with Gasteiger partial charge in [0.05, 0.1) is 15.5 Å². The Hall–Kier alpha value is -4.25. The highest BCUT2D eigenvalue weighted by atomic mass is 32.2. The number of hydrogen-bond acceptors (Lipinski definition) is 6. The molecule has 1 N–H and O–H groups in total. The first-order chi connectivity index (χ1) is 17.5. The summed E-state index contributed by atoms with van der Waals surface area (Å²) in [5.74, 6) is -1.07. The molecule has 0 heterocycles. The van der Waals surface area contributed by atoms with Crippen LogP contribution in [0.15, 0.2) is 83.8 Å². The van der Waals surface area contributed by atoms with Crippen molar-refractivity contribution in [2.45, 2.75) is 31.3 Å². The average molecular weight is 525 g/mol. The minimum Gasteiger partial charge on any atom is -0.357 e. The van der Waals surface area contributed by atoms with E-state index in [0.29, 0.717) is 0 Å². The summed E-state index contributed by atoms with van der Waals surface area (Å²) >= 11 is 0. The van der Waals surface area contributed by atoms with Crippen LogP contribution in [-0.4, -0.2) is 49.7 Å². The van der Waals surface area contributed by atoms with Crippen LogP contribution in [0.25, 0.3) is 0 Å². The van der Waals surface area contributed by atoms with E-state index in [-0.39, 0.29) is 22.8 Å². The average Bonchev–Trinajstić information content (AvgIpc) is 2.90. The summed E-state index contributed by atoms with van der Waals surface area (Å²) in [5, 5.41) is 13.9. The van der Waals surface area contributed by atoms with Gasteiger partial charge in [-0.1, -0.05) is 54.1 Å². The summed E-state index contributed by atoms with van der Waals surface area (Å²) in [5.41, 5.74) is 1.40. The Labute approximate surface area is 215 Å². The normalized spacial score (nSPS) is 11.9. The van der Waals surface area contributed by atoms with Gasteiger partial charge in [0.1, 0.15) is 12.6 Å². The summed E-state index contributed by atoms with van der Waals surface area (Å²) in [6.07, 6.45) is 0. The Bertz CT molecular complexity index is 1380. The number of benzene rings is 3. The minimum absolute atomic E-state index is 0.0470. The van der Waals surface area contributed by atoms with Gasteiger partial charge in [0.25, 0.3) is 15.7 Å². The number of nitro benzene ring substituents is 1. The molecule has 10 nitrogen and oxygen atoms in total. The Morgan fingerprint density at radius 3 is 2.24 bits per heavy atom. The topological polar surface area (TPSA) is 130 Å². The van der Waals surface area contributed by atoms with Gasteiger partial charge in [-0.2, -0.15) is 0 Å². The molecule has 1 atom stereocenters. The lowest BCUT2D eigenvalue weighted by Gasteiger charge is -2.31. The van der Waals surface area contributed by atoms with E-state index in [1.165, 1.54) is 54.4 Å². The Balaban J connectivity index is 2.06. The first kappa shape index (κ1) is 27.3. The number of likely N-dealkylation sites (N-methyl/N-ethyl adjacent to an activating group) is 1. The van der Waals surface area contributed by atoms with Crippen LogP contribution in [0.5, 0.6) is 0 Å². The number of nitro groups is 1. The van der Waals surface area contributed by atoms with E-state index >= 15 is 0 Å². The third kappa shape index (κ3) is 6.50. The molecule has 0 aliphatic carbocycles. The van der Waals surface area contributed by atoms with Gasteiger partial charge >= 0.3 is 0 Å². The molecule has 0 aliphatic heterocycles. The van der Waals surface area contributed by atoms with Crippen LogP contribution in [0, 0.1) is 17.0 Å². The molecule has 0 aliphatic rings. The molecule has 0 spiro atoms. The number of aryl methyl sites for hydroxylation is 1. The number of carbonyl (C=O) groups excluding carboxylic acids is 2. The number of non-ortho nitro benzene ring substituents is 1. The fraction of sp³-hybridized carbons (Fsp3) is 0.231. The third-order valence-corrected chi connectivity index (χ3v) is 7.61. The molecule has 0 saturated carbocycles. The van der Waals surface area contributed by atoms with Crippen molar-refractivity contribution in [3.8, 4) is 0 Å². The summed E-state index contributed by atoms with van der Waals surface area (Å²) in [4.78, 5) is 38.1. The van der Waals surface area contributed by atoms with Gasteiger partial charge in [-0.3, -0.25) is 24.0 Å². The largest absolute Gasteiger partial charge is 0.357 e. The number of nitrogens with one attached hydrogen (secondary N) is 1. The smallest absolute Gasteiger partial charge is 0.271 e. The van der Waals surface area contributed by atoms with Gasteiger partial charge < -0.3 is 10.2 Å². The van der Waals surface area contributed by atoms with Crippen molar-refractivity contribution in [2.24, 2.45) is 0 Å². The van der Waals surface area contributed by atoms with Crippen LogP contribution in [0.4, 0.5) is 11.4 Å². The summed E-state index contributed by atoms with van der Waals surface area (Å²) < 4.78 is 28.1. The Morgan fingerprint density at radius 2 is 1.65 bits per heavy atom. The zero-order valence-electron chi connectivity index (χ0n) is 20.7. The van der Waals surface area contributed by atoms with Gasteiger partial charge in [-0.15, -0.1) is 0 Å². The second-order valence-electron chi connectivity index (χ2n) is 8.40. The molecule has 0 saturated heterocycles. The summed E-state index contributed by atoms with van der Waals surface area (Å²) in [7, 11) is -2.85. The van der Waals surface area contributed by atoms with Gasteiger partial charge in [-0.05, 0) is 37.6 Å². The number of amides is 2. The highest BCUT2D eigenvalue weighted by molar-refractivity contribution is 7.92. The molecule has 0 bridgehead atoms. The predicted molar refractivity (Wildman–Crippen MR) is 139 cm³/mol. The molecule has 0 fully saturated rings. The number of carbonyl (C=O) groups is 2. The van der Waals surface area contributed by atoms with Crippen LogP contribution >= 0.6 is 0 Å². The first-order valence-corrected chi connectivity index (χ1v) is 12.9. The quantitative estimate of drug-likeness (QED) is 0.320. The maximum Gasteiger partial charge on any atom is 0.271 e. The highest BCUT2D eigenvalue weighted by Crippen LogP contribution is 2.27. The minimum atomic E-state index is -4.29. The predicted octanol–water partition coefficient (Wildman–Crippen LogP) is 3.26. The van der Waals surface area contributed by atoms with E-state index in [1.807, 2.05) is 31.2 Å². The van der Waals surface area contributed by atoms with Crippen molar-refractivity contribution in [3.05, 3.63) is 100 Å². The van der Waals surface area contributed by atoms with Crippen LogP contribution in [0.3, 0.4) is 0 Å². The van der Waals surface area contributed by atoms with Crippen molar-refractivity contribution in [1.82, 2.24) is 10.2 Å². The van der Waals surface area contributed by atoms with E-state index in [4.69, 9.17) is 0 Å². The molecular weight excluding hydrogens is 496 g/mol. The number of nitrogens with zero attached hydrogens (tertiary/aromatic N) is 3. The van der Waals surface area contributed by atoms with E-state index in [0.717, 1.165) is 21.5 Å². The lowest BCUT2D eigenvalue weighted by molar-refractivity contribution is -0.384. The van der Waals surface area contributed by atoms with Gasteiger partial charge in [0, 0.05) is 25.7 Å². The summed E-state index contributed by atoms with van der Waals surface area (Å²) in [6, 6.07) is 19.0. The fourth-order valence-electron chi connectivity index (χ4n) is 3.69. The fourth-order valence-corrected chi connectivity index (χ4v) is 5.12. The van der Waals surface area contributed by atoms with Crippen molar-refractivity contribution in [2.75, 3.05) is 17.9 Å². The molecule has 3 rings (SSSR count). The zero-order valence-corrected chi connectivity index (χ0v) is 21.5. The van der Waals surface area contributed by atoms with E-state index in [9.17, 15) is 28.1 Å². The molecule has 3 aromatic carbocycles. The van der Waals surface area contributed by atoms with Gasteiger partial charge in [0.2, 0.25) is 11.8 Å². The molecule has 11 heteroatoms. The first-order valence-electron chi connectivity index (χ1n) is 11.4. The van der Waals surface area contributed by atoms with E-state index in [2.05, 4.69) is 5.32 Å². The van der Waals surface area contributed by atoms with Crippen LogP contribution in [-0.2, 0) is 26.2 Å².